The quantitative estimate of drug-likeness (QED) is 0.754. The van der Waals surface area contributed by atoms with Crippen molar-refractivity contribution in [3.05, 3.63) is 57.0 Å². The fourth-order valence-corrected chi connectivity index (χ4v) is 2.52. The normalized spacial score (nSPS) is 10.0. The number of nitrogens with one attached hydrogen (secondary N) is 1. The number of halogens is 2. The number of rotatable bonds is 5. The molecule has 0 aliphatic carbocycles. The molecule has 108 valence electrons. The molecule has 0 unspecified atom stereocenters. The number of aldehydes is 1. The SMILES string of the molecule is O=Cc1ccc(OCC(=O)Nc2cccc(Br)c2)c(Br)c1. The van der Waals surface area contributed by atoms with Crippen LogP contribution in [0.5, 0.6) is 5.75 Å². The van der Waals surface area contributed by atoms with Gasteiger partial charge in [0.1, 0.15) is 12.0 Å². The van der Waals surface area contributed by atoms with Gasteiger partial charge in [-0.25, -0.2) is 0 Å². The molecule has 0 radical (unpaired) electrons. The van der Waals surface area contributed by atoms with Crippen LogP contribution in [0.15, 0.2) is 51.4 Å². The number of hydrogen-bond acceptors (Lipinski definition) is 3. The molecule has 0 spiro atoms. The third kappa shape index (κ3) is 4.68. The van der Waals surface area contributed by atoms with Gasteiger partial charge in [0.15, 0.2) is 6.61 Å². The molecule has 4 nitrogen and oxygen atoms in total. The molecule has 0 aromatic heterocycles. The lowest BCUT2D eigenvalue weighted by Gasteiger charge is -2.09. The van der Waals surface area contributed by atoms with Crippen LogP contribution in [0, 0.1) is 0 Å². The number of anilines is 1. The maximum atomic E-state index is 11.8. The molecule has 0 saturated carbocycles. The van der Waals surface area contributed by atoms with E-state index >= 15 is 0 Å². The van der Waals surface area contributed by atoms with Crippen molar-refractivity contribution in [1.29, 1.82) is 0 Å². The lowest BCUT2D eigenvalue weighted by molar-refractivity contribution is -0.118. The van der Waals surface area contributed by atoms with Crippen LogP contribution in [-0.2, 0) is 4.79 Å². The minimum absolute atomic E-state index is 0.119. The van der Waals surface area contributed by atoms with E-state index in [0.29, 0.717) is 21.5 Å². The number of carbonyl (C=O) groups is 2. The first-order chi connectivity index (χ1) is 10.1. The molecule has 1 N–H and O–H groups in total. The van der Waals surface area contributed by atoms with Gasteiger partial charge in [-0.15, -0.1) is 0 Å². The van der Waals surface area contributed by atoms with Crippen molar-refractivity contribution in [1.82, 2.24) is 0 Å². The number of hydrogen-bond donors (Lipinski definition) is 1. The second kappa shape index (κ2) is 7.38. The standard InChI is InChI=1S/C15H11Br2NO3/c16-11-2-1-3-12(7-11)18-15(20)9-21-14-5-4-10(8-19)6-13(14)17/h1-8H,9H2,(H,18,20). The molecule has 0 heterocycles. The highest BCUT2D eigenvalue weighted by Crippen LogP contribution is 2.25. The Bertz CT molecular complexity index is 674. The zero-order valence-corrected chi connectivity index (χ0v) is 14.0. The predicted octanol–water partition coefficient (Wildman–Crippen LogP) is 4.04. The fourth-order valence-electron chi connectivity index (χ4n) is 1.61. The van der Waals surface area contributed by atoms with Gasteiger partial charge in [-0.1, -0.05) is 22.0 Å². The smallest absolute Gasteiger partial charge is 0.262 e. The zero-order valence-electron chi connectivity index (χ0n) is 10.8. The third-order valence-corrected chi connectivity index (χ3v) is 3.67. The predicted molar refractivity (Wildman–Crippen MR) is 87.8 cm³/mol. The minimum Gasteiger partial charge on any atom is -0.483 e. The van der Waals surface area contributed by atoms with Gasteiger partial charge in [-0.2, -0.15) is 0 Å². The monoisotopic (exact) mass is 411 g/mol. The lowest BCUT2D eigenvalue weighted by atomic mass is 10.2. The molecule has 2 aromatic rings. The Morgan fingerprint density at radius 2 is 2.00 bits per heavy atom. The third-order valence-electron chi connectivity index (χ3n) is 2.56. The van der Waals surface area contributed by atoms with E-state index in [2.05, 4.69) is 37.2 Å². The molecule has 0 atom stereocenters. The first-order valence-electron chi connectivity index (χ1n) is 6.01. The minimum atomic E-state index is -0.264. The van der Waals surface area contributed by atoms with E-state index in [1.165, 1.54) is 0 Å². The summed E-state index contributed by atoms with van der Waals surface area (Å²) in [5.74, 6) is 0.240. The van der Waals surface area contributed by atoms with Crippen LogP contribution in [0.1, 0.15) is 10.4 Å². The fraction of sp³-hybridized carbons (Fsp3) is 0.0667. The summed E-state index contributed by atoms with van der Waals surface area (Å²) >= 11 is 6.63. The van der Waals surface area contributed by atoms with E-state index in [9.17, 15) is 9.59 Å². The average molecular weight is 413 g/mol. The van der Waals surface area contributed by atoms with Crippen LogP contribution >= 0.6 is 31.9 Å². The van der Waals surface area contributed by atoms with Crippen LogP contribution < -0.4 is 10.1 Å². The second-order valence-corrected chi connectivity index (χ2v) is 5.92. The Morgan fingerprint density at radius 3 is 2.67 bits per heavy atom. The summed E-state index contributed by atoms with van der Waals surface area (Å²) < 4.78 is 6.92. The molecule has 6 heteroatoms. The largest absolute Gasteiger partial charge is 0.483 e. The Labute approximate surface area is 138 Å². The molecule has 2 aromatic carbocycles. The van der Waals surface area contributed by atoms with Gasteiger partial charge in [0.05, 0.1) is 4.47 Å². The molecule has 0 aliphatic rings. The van der Waals surface area contributed by atoms with E-state index in [1.54, 1.807) is 30.3 Å². The van der Waals surface area contributed by atoms with E-state index < -0.39 is 0 Å². The van der Waals surface area contributed by atoms with Gasteiger partial charge in [-0.3, -0.25) is 9.59 Å². The molecule has 2 rings (SSSR count). The summed E-state index contributed by atoms with van der Waals surface area (Å²) in [5, 5.41) is 2.73. The highest BCUT2D eigenvalue weighted by atomic mass is 79.9. The summed E-state index contributed by atoms with van der Waals surface area (Å²) in [6.07, 6.45) is 0.745. The van der Waals surface area contributed by atoms with Crippen molar-refractivity contribution in [2.75, 3.05) is 11.9 Å². The molecule has 1 amide bonds. The van der Waals surface area contributed by atoms with Gasteiger partial charge >= 0.3 is 0 Å². The van der Waals surface area contributed by atoms with E-state index in [-0.39, 0.29) is 12.5 Å². The van der Waals surface area contributed by atoms with E-state index in [4.69, 9.17) is 4.74 Å². The average Bonchev–Trinajstić information content (AvgIpc) is 2.46. The highest BCUT2D eigenvalue weighted by Gasteiger charge is 2.07. The topological polar surface area (TPSA) is 55.4 Å². The summed E-state index contributed by atoms with van der Waals surface area (Å²) in [4.78, 5) is 22.4. The van der Waals surface area contributed by atoms with E-state index in [1.807, 2.05) is 12.1 Å². The van der Waals surface area contributed by atoms with Crippen molar-refractivity contribution in [2.45, 2.75) is 0 Å². The van der Waals surface area contributed by atoms with Gasteiger partial charge in [0.25, 0.3) is 5.91 Å². The van der Waals surface area contributed by atoms with Crippen molar-refractivity contribution in [3.8, 4) is 5.75 Å². The van der Waals surface area contributed by atoms with Crippen molar-refractivity contribution < 1.29 is 14.3 Å². The van der Waals surface area contributed by atoms with Crippen LogP contribution in [0.3, 0.4) is 0 Å². The summed E-state index contributed by atoms with van der Waals surface area (Å²) in [6.45, 7) is -0.119. The van der Waals surface area contributed by atoms with Gasteiger partial charge in [-0.05, 0) is 52.3 Å². The van der Waals surface area contributed by atoms with Gasteiger partial charge < -0.3 is 10.1 Å². The second-order valence-electron chi connectivity index (χ2n) is 4.15. The summed E-state index contributed by atoms with van der Waals surface area (Å²) in [6, 6.07) is 12.2. The number of carbonyl (C=O) groups excluding carboxylic acids is 2. The summed E-state index contributed by atoms with van der Waals surface area (Å²) in [7, 11) is 0. The molecule has 21 heavy (non-hydrogen) atoms. The lowest BCUT2D eigenvalue weighted by Crippen LogP contribution is -2.20. The molecule has 0 bridgehead atoms. The molecule has 0 aliphatic heterocycles. The first-order valence-corrected chi connectivity index (χ1v) is 7.60. The van der Waals surface area contributed by atoms with Gasteiger partial charge in [0.2, 0.25) is 0 Å². The van der Waals surface area contributed by atoms with Crippen LogP contribution in [0.4, 0.5) is 5.69 Å². The molecular formula is C15H11Br2NO3. The first kappa shape index (κ1) is 15.7. The van der Waals surface area contributed by atoms with Crippen molar-refractivity contribution in [2.24, 2.45) is 0 Å². The Morgan fingerprint density at radius 1 is 1.19 bits per heavy atom. The van der Waals surface area contributed by atoms with Crippen molar-refractivity contribution in [3.63, 3.8) is 0 Å². The molecule has 0 fully saturated rings. The Hall–Kier alpha value is -1.66. The van der Waals surface area contributed by atoms with Crippen molar-refractivity contribution >= 4 is 49.7 Å². The molecular weight excluding hydrogens is 402 g/mol. The zero-order chi connectivity index (χ0) is 15.2. The van der Waals surface area contributed by atoms with Crippen LogP contribution in [0.25, 0.3) is 0 Å². The maximum absolute atomic E-state index is 11.8. The Balaban J connectivity index is 1.93. The highest BCUT2D eigenvalue weighted by molar-refractivity contribution is 9.10. The van der Waals surface area contributed by atoms with Gasteiger partial charge in [0, 0.05) is 15.7 Å². The number of ether oxygens (including phenoxy) is 1. The summed E-state index contributed by atoms with van der Waals surface area (Å²) in [5.41, 5.74) is 1.22. The number of benzene rings is 2. The van der Waals surface area contributed by atoms with Crippen LogP contribution in [0.2, 0.25) is 0 Å². The molecule has 0 saturated heterocycles. The maximum Gasteiger partial charge on any atom is 0.262 e. The van der Waals surface area contributed by atoms with E-state index in [0.717, 1.165) is 10.8 Å². The van der Waals surface area contributed by atoms with Crippen LogP contribution in [-0.4, -0.2) is 18.8 Å². The number of amides is 1. The Kier molecular flexibility index (Phi) is 5.52.